The van der Waals surface area contributed by atoms with E-state index in [1.165, 1.54) is 24.2 Å². The van der Waals surface area contributed by atoms with Crippen LogP contribution in [-0.2, 0) is 0 Å². The van der Waals surface area contributed by atoms with Crippen molar-refractivity contribution in [2.75, 3.05) is 13.1 Å². The average Bonchev–Trinajstić information content (AvgIpc) is 2.53. The van der Waals surface area contributed by atoms with Crippen molar-refractivity contribution < 1.29 is 4.79 Å². The van der Waals surface area contributed by atoms with Crippen molar-refractivity contribution in [3.05, 3.63) is 21.3 Å². The molecule has 0 bridgehead atoms. The molecule has 2 nitrogen and oxygen atoms in total. The summed E-state index contributed by atoms with van der Waals surface area (Å²) in [7, 11) is 0. The smallest absolute Gasteiger partial charge is 0.263 e. The molecule has 2 heterocycles. The first-order chi connectivity index (χ1) is 7.27. The van der Waals surface area contributed by atoms with E-state index in [2.05, 4.69) is 0 Å². The summed E-state index contributed by atoms with van der Waals surface area (Å²) >= 11 is 7.25. The molecular formula is C11H14ClNOS. The second-order valence-electron chi connectivity index (χ2n) is 3.84. The Labute approximate surface area is 98.8 Å². The molecule has 2 rings (SSSR count). The first-order valence-corrected chi connectivity index (χ1v) is 6.56. The molecule has 1 aliphatic rings. The lowest BCUT2D eigenvalue weighted by Gasteiger charge is -2.19. The van der Waals surface area contributed by atoms with Crippen molar-refractivity contribution >= 4 is 28.8 Å². The Morgan fingerprint density at radius 3 is 2.47 bits per heavy atom. The molecular weight excluding hydrogens is 230 g/mol. The highest BCUT2D eigenvalue weighted by molar-refractivity contribution is 7.12. The van der Waals surface area contributed by atoms with Gasteiger partial charge >= 0.3 is 0 Å². The average molecular weight is 244 g/mol. The fraction of sp³-hybridized carbons (Fsp3) is 0.545. The third-order valence-corrected chi connectivity index (χ3v) is 3.94. The minimum atomic E-state index is 0.147. The minimum Gasteiger partial charge on any atom is -0.338 e. The monoisotopic (exact) mass is 243 g/mol. The maximum Gasteiger partial charge on any atom is 0.263 e. The zero-order chi connectivity index (χ0) is 10.7. The summed E-state index contributed by atoms with van der Waals surface area (Å²) < 4.78 is 0. The van der Waals surface area contributed by atoms with E-state index in [0.717, 1.165) is 30.8 Å². The predicted octanol–water partition coefficient (Wildman–Crippen LogP) is 3.42. The van der Waals surface area contributed by atoms with E-state index in [-0.39, 0.29) is 5.91 Å². The highest BCUT2D eigenvalue weighted by Gasteiger charge is 2.18. The van der Waals surface area contributed by atoms with Gasteiger partial charge < -0.3 is 4.90 Å². The summed E-state index contributed by atoms with van der Waals surface area (Å²) in [4.78, 5) is 14.8. The summed E-state index contributed by atoms with van der Waals surface area (Å²) in [5, 5.41) is 2.48. The number of amides is 1. The van der Waals surface area contributed by atoms with Crippen LogP contribution in [0.25, 0.3) is 0 Å². The number of halogens is 1. The third-order valence-electron chi connectivity index (χ3n) is 2.67. The van der Waals surface area contributed by atoms with E-state index in [1.54, 1.807) is 6.07 Å². The van der Waals surface area contributed by atoms with Gasteiger partial charge in [0.05, 0.1) is 9.90 Å². The Morgan fingerprint density at radius 1 is 1.27 bits per heavy atom. The highest BCUT2D eigenvalue weighted by atomic mass is 35.5. The van der Waals surface area contributed by atoms with Gasteiger partial charge in [0.2, 0.25) is 0 Å². The molecule has 1 saturated heterocycles. The van der Waals surface area contributed by atoms with Gasteiger partial charge in [0.15, 0.2) is 0 Å². The lowest BCUT2D eigenvalue weighted by Crippen LogP contribution is -2.31. The predicted molar refractivity (Wildman–Crippen MR) is 63.7 cm³/mol. The molecule has 0 spiro atoms. The number of carbonyl (C=O) groups excluding carboxylic acids is 1. The maximum atomic E-state index is 12.0. The van der Waals surface area contributed by atoms with Crippen LogP contribution in [0.4, 0.5) is 0 Å². The number of nitrogens with zero attached hydrogens (tertiary/aromatic N) is 1. The van der Waals surface area contributed by atoms with Crippen LogP contribution in [0.15, 0.2) is 11.4 Å². The summed E-state index contributed by atoms with van der Waals surface area (Å²) in [5.74, 6) is 0.147. The molecule has 1 aromatic rings. The molecule has 15 heavy (non-hydrogen) atoms. The Bertz CT molecular complexity index is 342. The van der Waals surface area contributed by atoms with Crippen molar-refractivity contribution in [3.8, 4) is 0 Å². The van der Waals surface area contributed by atoms with Gasteiger partial charge in [-0.2, -0.15) is 0 Å². The van der Waals surface area contributed by atoms with Gasteiger partial charge in [-0.3, -0.25) is 4.79 Å². The third kappa shape index (κ3) is 2.73. The van der Waals surface area contributed by atoms with Gasteiger partial charge in [0, 0.05) is 18.5 Å². The molecule has 0 atom stereocenters. The number of carbonyl (C=O) groups is 1. The molecule has 1 aliphatic heterocycles. The quantitative estimate of drug-likeness (QED) is 0.740. The Hall–Kier alpha value is -0.540. The van der Waals surface area contributed by atoms with Crippen molar-refractivity contribution in [1.29, 1.82) is 0 Å². The van der Waals surface area contributed by atoms with Crippen LogP contribution in [0.3, 0.4) is 0 Å². The van der Waals surface area contributed by atoms with Crippen molar-refractivity contribution in [1.82, 2.24) is 4.90 Å². The SMILES string of the molecule is O=C(c1cc(Cl)cs1)N1CCCCCC1. The number of likely N-dealkylation sites (tertiary alicyclic amines) is 1. The fourth-order valence-corrected chi connectivity index (χ4v) is 2.89. The number of hydrogen-bond acceptors (Lipinski definition) is 2. The van der Waals surface area contributed by atoms with Crippen molar-refractivity contribution in [2.24, 2.45) is 0 Å². The van der Waals surface area contributed by atoms with Crippen LogP contribution >= 0.6 is 22.9 Å². The first-order valence-electron chi connectivity index (χ1n) is 5.31. The van der Waals surface area contributed by atoms with E-state index < -0.39 is 0 Å². The van der Waals surface area contributed by atoms with E-state index >= 15 is 0 Å². The number of thiophene rings is 1. The lowest BCUT2D eigenvalue weighted by atomic mass is 10.2. The molecule has 1 amide bonds. The molecule has 82 valence electrons. The molecule has 0 N–H and O–H groups in total. The highest BCUT2D eigenvalue weighted by Crippen LogP contribution is 2.22. The van der Waals surface area contributed by atoms with E-state index in [1.807, 2.05) is 10.3 Å². The van der Waals surface area contributed by atoms with Gasteiger partial charge in [-0.05, 0) is 18.9 Å². The second kappa shape index (κ2) is 4.99. The van der Waals surface area contributed by atoms with E-state index in [9.17, 15) is 4.79 Å². The zero-order valence-electron chi connectivity index (χ0n) is 8.54. The molecule has 1 fully saturated rings. The van der Waals surface area contributed by atoms with Gasteiger partial charge in [0.25, 0.3) is 5.91 Å². The van der Waals surface area contributed by atoms with Gasteiger partial charge in [0.1, 0.15) is 0 Å². The zero-order valence-corrected chi connectivity index (χ0v) is 10.1. The summed E-state index contributed by atoms with van der Waals surface area (Å²) in [6, 6.07) is 1.76. The second-order valence-corrected chi connectivity index (χ2v) is 5.18. The summed E-state index contributed by atoms with van der Waals surface area (Å²) in [6.07, 6.45) is 4.75. The van der Waals surface area contributed by atoms with Gasteiger partial charge in [-0.1, -0.05) is 24.4 Å². The van der Waals surface area contributed by atoms with Crippen molar-refractivity contribution in [3.63, 3.8) is 0 Å². The molecule has 0 aromatic carbocycles. The Balaban J connectivity index is 2.06. The van der Waals surface area contributed by atoms with Crippen LogP contribution in [0.1, 0.15) is 35.4 Å². The molecule has 0 radical (unpaired) electrons. The first kappa shape index (κ1) is 11.0. The minimum absolute atomic E-state index is 0.147. The molecule has 4 heteroatoms. The number of rotatable bonds is 1. The van der Waals surface area contributed by atoms with Crippen LogP contribution in [0.5, 0.6) is 0 Å². The van der Waals surface area contributed by atoms with Crippen LogP contribution < -0.4 is 0 Å². The van der Waals surface area contributed by atoms with Gasteiger partial charge in [-0.25, -0.2) is 0 Å². The van der Waals surface area contributed by atoms with Crippen LogP contribution in [-0.4, -0.2) is 23.9 Å². The largest absolute Gasteiger partial charge is 0.338 e. The number of hydrogen-bond donors (Lipinski definition) is 0. The molecule has 0 saturated carbocycles. The summed E-state index contributed by atoms with van der Waals surface area (Å²) in [6.45, 7) is 1.79. The molecule has 0 unspecified atom stereocenters. The van der Waals surface area contributed by atoms with Gasteiger partial charge in [-0.15, -0.1) is 11.3 Å². The molecule has 1 aromatic heterocycles. The van der Waals surface area contributed by atoms with Crippen LogP contribution in [0, 0.1) is 0 Å². The maximum absolute atomic E-state index is 12.0. The van der Waals surface area contributed by atoms with E-state index in [4.69, 9.17) is 11.6 Å². The Morgan fingerprint density at radius 2 is 1.93 bits per heavy atom. The Kier molecular flexibility index (Phi) is 3.65. The topological polar surface area (TPSA) is 20.3 Å². The summed E-state index contributed by atoms with van der Waals surface area (Å²) in [5.41, 5.74) is 0. The standard InChI is InChI=1S/C11H14ClNOS/c12-9-7-10(15-8-9)11(14)13-5-3-1-2-4-6-13/h7-8H,1-6H2. The van der Waals surface area contributed by atoms with Crippen LogP contribution in [0.2, 0.25) is 5.02 Å². The molecule has 0 aliphatic carbocycles. The van der Waals surface area contributed by atoms with E-state index in [0.29, 0.717) is 5.02 Å². The lowest BCUT2D eigenvalue weighted by molar-refractivity contribution is 0.0766. The normalized spacial score (nSPS) is 17.5. The van der Waals surface area contributed by atoms with Crippen molar-refractivity contribution in [2.45, 2.75) is 25.7 Å². The fourth-order valence-electron chi connectivity index (χ4n) is 1.85.